The molecule has 0 aromatic carbocycles. The van der Waals surface area contributed by atoms with E-state index in [0.717, 1.165) is 5.56 Å². The molecule has 0 saturated carbocycles. The van der Waals surface area contributed by atoms with Gasteiger partial charge < -0.3 is 5.73 Å². The molecule has 2 N–H and O–H groups in total. The summed E-state index contributed by atoms with van der Waals surface area (Å²) in [6, 6.07) is 1.81. The number of nitrogen functional groups attached to an aromatic ring is 1. The minimum Gasteiger partial charge on any atom is -0.367 e. The van der Waals surface area contributed by atoms with Crippen molar-refractivity contribution in [2.45, 2.75) is 6.54 Å². The number of hydrogen-bond acceptors (Lipinski definition) is 4. The van der Waals surface area contributed by atoms with Crippen molar-refractivity contribution >= 4 is 40.5 Å². The molecule has 2 aromatic heterocycles. The molecule has 0 bridgehead atoms. The van der Waals surface area contributed by atoms with Gasteiger partial charge in [0.25, 0.3) is 0 Å². The molecule has 0 spiro atoms. The Kier molecular flexibility index (Phi) is 2.62. The lowest BCUT2D eigenvalue weighted by atomic mass is 10.3. The smallest absolute Gasteiger partial charge is 0.239 e. The predicted octanol–water partition coefficient (Wildman–Crippen LogP) is 2.28. The van der Waals surface area contributed by atoms with Crippen molar-refractivity contribution < 1.29 is 0 Å². The Bertz CT molecular complexity index is 450. The van der Waals surface area contributed by atoms with Gasteiger partial charge in [-0.1, -0.05) is 23.2 Å². The van der Waals surface area contributed by atoms with Gasteiger partial charge in [0, 0.05) is 5.56 Å². The molecule has 2 rings (SSSR count). The van der Waals surface area contributed by atoms with E-state index in [1.807, 2.05) is 6.07 Å². The largest absolute Gasteiger partial charge is 0.367 e. The Morgan fingerprint density at radius 1 is 1.50 bits per heavy atom. The fourth-order valence-electron chi connectivity index (χ4n) is 1.04. The lowest BCUT2D eigenvalue weighted by Crippen LogP contribution is -2.00. The summed E-state index contributed by atoms with van der Waals surface area (Å²) in [7, 11) is 0. The van der Waals surface area contributed by atoms with Crippen LogP contribution in [0.1, 0.15) is 5.56 Å². The molecule has 0 aliphatic rings. The van der Waals surface area contributed by atoms with E-state index in [0.29, 0.717) is 15.2 Å². The van der Waals surface area contributed by atoms with Crippen molar-refractivity contribution in [3.63, 3.8) is 0 Å². The predicted molar refractivity (Wildman–Crippen MR) is 57.9 cm³/mol. The summed E-state index contributed by atoms with van der Waals surface area (Å²) < 4.78 is 2.95. The van der Waals surface area contributed by atoms with Crippen molar-refractivity contribution in [2.75, 3.05) is 5.73 Å². The monoisotopic (exact) mass is 248 g/mol. The van der Waals surface area contributed by atoms with Crippen molar-refractivity contribution in [2.24, 2.45) is 0 Å². The maximum Gasteiger partial charge on any atom is 0.239 e. The normalized spacial score (nSPS) is 10.7. The fourth-order valence-corrected chi connectivity index (χ4v) is 2.51. The fraction of sp³-hybridized carbons (Fsp3) is 0.143. The average molecular weight is 249 g/mol. The summed E-state index contributed by atoms with van der Waals surface area (Å²) in [5, 5.41) is 3.94. The van der Waals surface area contributed by atoms with Crippen LogP contribution in [-0.2, 0) is 6.54 Å². The zero-order valence-electron chi connectivity index (χ0n) is 6.94. The van der Waals surface area contributed by atoms with Crippen LogP contribution in [0.5, 0.6) is 0 Å². The zero-order valence-corrected chi connectivity index (χ0v) is 9.27. The Morgan fingerprint density at radius 3 is 2.79 bits per heavy atom. The summed E-state index contributed by atoms with van der Waals surface area (Å²) in [5.74, 6) is 0.252. The highest BCUT2D eigenvalue weighted by atomic mass is 35.5. The lowest BCUT2D eigenvalue weighted by molar-refractivity contribution is 0.689. The Hall–Kier alpha value is -0.780. The molecule has 0 aliphatic carbocycles. The van der Waals surface area contributed by atoms with Crippen LogP contribution in [0.3, 0.4) is 0 Å². The van der Waals surface area contributed by atoms with Crippen LogP contribution < -0.4 is 5.73 Å². The van der Waals surface area contributed by atoms with E-state index in [9.17, 15) is 0 Å². The maximum atomic E-state index is 5.94. The van der Waals surface area contributed by atoms with E-state index in [4.69, 9.17) is 28.9 Å². The van der Waals surface area contributed by atoms with Gasteiger partial charge in [-0.2, -0.15) is 0 Å². The Balaban J connectivity index is 2.22. The Morgan fingerprint density at radius 2 is 2.29 bits per heavy atom. The van der Waals surface area contributed by atoms with Gasteiger partial charge in [0.1, 0.15) is 6.33 Å². The van der Waals surface area contributed by atoms with Crippen LogP contribution in [0.4, 0.5) is 5.95 Å². The second-order valence-electron chi connectivity index (χ2n) is 2.65. The summed E-state index contributed by atoms with van der Waals surface area (Å²) in [4.78, 5) is 3.81. The first-order chi connectivity index (χ1) is 6.65. The summed E-state index contributed by atoms with van der Waals surface area (Å²) >= 11 is 13.1. The van der Waals surface area contributed by atoms with E-state index < -0.39 is 0 Å². The van der Waals surface area contributed by atoms with Crippen molar-refractivity contribution in [1.82, 2.24) is 14.8 Å². The molecule has 2 aromatic rings. The van der Waals surface area contributed by atoms with Gasteiger partial charge in [-0.05, 0) is 6.07 Å². The van der Waals surface area contributed by atoms with Crippen LogP contribution in [0.15, 0.2) is 12.4 Å². The van der Waals surface area contributed by atoms with E-state index in [1.165, 1.54) is 11.3 Å². The highest BCUT2D eigenvalue weighted by molar-refractivity contribution is 7.20. The van der Waals surface area contributed by atoms with Crippen LogP contribution in [0.2, 0.25) is 8.67 Å². The van der Waals surface area contributed by atoms with Gasteiger partial charge in [-0.15, -0.1) is 16.4 Å². The van der Waals surface area contributed by atoms with E-state index in [-0.39, 0.29) is 5.95 Å². The second kappa shape index (κ2) is 3.76. The summed E-state index contributed by atoms with van der Waals surface area (Å²) in [6.07, 6.45) is 1.55. The number of halogens is 2. The number of nitrogens with zero attached hydrogens (tertiary/aromatic N) is 3. The van der Waals surface area contributed by atoms with Gasteiger partial charge in [-0.3, -0.25) is 0 Å². The number of hydrogen-bond donors (Lipinski definition) is 1. The SMILES string of the molecule is Nc1ncn(Cc2cc(Cl)sc2Cl)n1. The van der Waals surface area contributed by atoms with Crippen LogP contribution >= 0.6 is 34.5 Å². The quantitative estimate of drug-likeness (QED) is 0.888. The van der Waals surface area contributed by atoms with Crippen LogP contribution in [-0.4, -0.2) is 14.8 Å². The topological polar surface area (TPSA) is 56.7 Å². The molecular weight excluding hydrogens is 243 g/mol. The molecule has 2 heterocycles. The Labute approximate surface area is 94.3 Å². The average Bonchev–Trinajstić information content (AvgIpc) is 2.61. The maximum absolute atomic E-state index is 5.94. The second-order valence-corrected chi connectivity index (χ2v) is 4.94. The molecule has 0 radical (unpaired) electrons. The summed E-state index contributed by atoms with van der Waals surface area (Å²) in [6.45, 7) is 0.534. The van der Waals surface area contributed by atoms with Gasteiger partial charge >= 0.3 is 0 Å². The van der Waals surface area contributed by atoms with Gasteiger partial charge in [0.15, 0.2) is 0 Å². The molecule has 0 amide bonds. The third-order valence-corrected chi connectivity index (χ3v) is 3.18. The number of anilines is 1. The molecule has 0 unspecified atom stereocenters. The lowest BCUT2D eigenvalue weighted by Gasteiger charge is -1.97. The molecular formula is C7H6Cl2N4S. The number of rotatable bonds is 2. The van der Waals surface area contributed by atoms with Crippen molar-refractivity contribution in [3.8, 4) is 0 Å². The number of aromatic nitrogens is 3. The number of thiophene rings is 1. The number of nitrogens with two attached hydrogens (primary N) is 1. The van der Waals surface area contributed by atoms with E-state index in [2.05, 4.69) is 10.1 Å². The zero-order chi connectivity index (χ0) is 10.1. The van der Waals surface area contributed by atoms with E-state index in [1.54, 1.807) is 11.0 Å². The molecule has 7 heteroatoms. The van der Waals surface area contributed by atoms with E-state index >= 15 is 0 Å². The molecule has 74 valence electrons. The summed E-state index contributed by atoms with van der Waals surface area (Å²) in [5.41, 5.74) is 6.30. The van der Waals surface area contributed by atoms with Gasteiger partial charge in [-0.25, -0.2) is 9.67 Å². The molecule has 4 nitrogen and oxygen atoms in total. The first kappa shape index (κ1) is 9.76. The minimum absolute atomic E-state index is 0.252. The first-order valence-electron chi connectivity index (χ1n) is 3.74. The highest BCUT2D eigenvalue weighted by Crippen LogP contribution is 2.31. The van der Waals surface area contributed by atoms with Crippen LogP contribution in [0, 0.1) is 0 Å². The van der Waals surface area contributed by atoms with Crippen molar-refractivity contribution in [3.05, 3.63) is 26.6 Å². The molecule has 0 aliphatic heterocycles. The third-order valence-electron chi connectivity index (χ3n) is 1.61. The standard InChI is InChI=1S/C7H6Cl2N4S/c8-5-1-4(6(9)14-5)2-13-3-11-7(10)12-13/h1,3H,2H2,(H2,10,12). The van der Waals surface area contributed by atoms with Crippen LogP contribution in [0.25, 0.3) is 0 Å². The molecule has 0 fully saturated rings. The highest BCUT2D eigenvalue weighted by Gasteiger charge is 2.07. The molecule has 14 heavy (non-hydrogen) atoms. The third kappa shape index (κ3) is 2.00. The van der Waals surface area contributed by atoms with Gasteiger partial charge in [0.05, 0.1) is 15.2 Å². The minimum atomic E-state index is 0.252. The molecule has 0 atom stereocenters. The molecule has 0 saturated heterocycles. The van der Waals surface area contributed by atoms with Crippen molar-refractivity contribution in [1.29, 1.82) is 0 Å². The first-order valence-corrected chi connectivity index (χ1v) is 5.31. The van der Waals surface area contributed by atoms with Gasteiger partial charge in [0.2, 0.25) is 5.95 Å².